The van der Waals surface area contributed by atoms with Gasteiger partial charge in [-0.25, -0.2) is 9.97 Å². The highest BCUT2D eigenvalue weighted by Gasteiger charge is 2.32. The third-order valence-electron chi connectivity index (χ3n) is 6.70. The van der Waals surface area contributed by atoms with Gasteiger partial charge in [0.05, 0.1) is 5.02 Å². The van der Waals surface area contributed by atoms with Crippen LogP contribution in [-0.2, 0) is 4.79 Å². The minimum absolute atomic E-state index is 0.0519. The number of aromatic nitrogens is 2. The van der Waals surface area contributed by atoms with E-state index < -0.39 is 5.91 Å². The van der Waals surface area contributed by atoms with Gasteiger partial charge in [0.2, 0.25) is 11.7 Å². The topological polar surface area (TPSA) is 126 Å². The number of fused-ring (bicyclic) bond motifs is 1. The van der Waals surface area contributed by atoms with E-state index in [1.165, 1.54) is 19.0 Å². The molecule has 9 nitrogen and oxygen atoms in total. The highest BCUT2D eigenvalue weighted by Crippen LogP contribution is 2.34. The van der Waals surface area contributed by atoms with Gasteiger partial charge in [0.1, 0.15) is 22.8 Å². The van der Waals surface area contributed by atoms with Crippen LogP contribution in [0, 0.1) is 5.92 Å². The molecule has 1 saturated heterocycles. The van der Waals surface area contributed by atoms with Crippen LogP contribution in [0.3, 0.4) is 0 Å². The van der Waals surface area contributed by atoms with Crippen LogP contribution in [0.15, 0.2) is 34.9 Å². The van der Waals surface area contributed by atoms with Crippen LogP contribution in [0.5, 0.6) is 0 Å². The molecule has 4 heterocycles. The van der Waals surface area contributed by atoms with Crippen LogP contribution in [0.1, 0.15) is 49.1 Å². The van der Waals surface area contributed by atoms with Crippen molar-refractivity contribution in [2.24, 2.45) is 5.92 Å². The number of nitrogens with zero attached hydrogens (tertiary/aromatic N) is 3. The summed E-state index contributed by atoms with van der Waals surface area (Å²) in [5.41, 5.74) is 6.79. The monoisotopic (exact) mass is 482 g/mol. The van der Waals surface area contributed by atoms with Crippen LogP contribution in [0.4, 0.5) is 17.3 Å². The standard InChI is InChI=1S/C24H27ClN6O3/c25-15-5-10-19(27-13-15)29-24(33)22-21(20-17(34-22)8-9-18(26)28-20)30-23(32)14-3-6-16(7-4-14)31-11-1-2-12-31/h5,8-10,13-14,16H,1-4,6-7,11-12H2,(H2,26,28)(H,30,32)(H,27,29,33)/t14-,16-. The Bertz CT molecular complexity index is 1200. The first kappa shape index (κ1) is 22.6. The second-order valence-electron chi connectivity index (χ2n) is 8.94. The summed E-state index contributed by atoms with van der Waals surface area (Å²) in [5.74, 6) is -0.298. The van der Waals surface area contributed by atoms with E-state index >= 15 is 0 Å². The molecule has 2 amide bonds. The van der Waals surface area contributed by atoms with E-state index in [2.05, 4.69) is 25.5 Å². The second kappa shape index (κ2) is 9.60. The van der Waals surface area contributed by atoms with Crippen molar-refractivity contribution in [3.63, 3.8) is 0 Å². The lowest BCUT2D eigenvalue weighted by atomic mass is 9.85. The van der Waals surface area contributed by atoms with Crippen LogP contribution < -0.4 is 16.4 Å². The maximum atomic E-state index is 13.2. The zero-order chi connectivity index (χ0) is 23.7. The molecule has 5 rings (SSSR count). The summed E-state index contributed by atoms with van der Waals surface area (Å²) in [6.45, 7) is 2.33. The summed E-state index contributed by atoms with van der Waals surface area (Å²) in [6.07, 6.45) is 7.60. The number of amides is 2. The number of nitrogens with one attached hydrogen (secondary N) is 2. The predicted octanol–water partition coefficient (Wildman–Crippen LogP) is 4.30. The van der Waals surface area contributed by atoms with Gasteiger partial charge < -0.3 is 25.7 Å². The van der Waals surface area contributed by atoms with Crippen molar-refractivity contribution >= 4 is 51.8 Å². The lowest BCUT2D eigenvalue weighted by Gasteiger charge is -2.33. The second-order valence-corrected chi connectivity index (χ2v) is 9.38. The van der Waals surface area contributed by atoms with Gasteiger partial charge in [0, 0.05) is 18.2 Å². The number of likely N-dealkylation sites (tertiary alicyclic amines) is 1. The fraction of sp³-hybridized carbons (Fsp3) is 0.417. The van der Waals surface area contributed by atoms with Crippen molar-refractivity contribution in [1.29, 1.82) is 0 Å². The van der Waals surface area contributed by atoms with Crippen molar-refractivity contribution in [3.8, 4) is 0 Å². The molecule has 0 atom stereocenters. The number of halogens is 1. The number of anilines is 3. The lowest BCUT2D eigenvalue weighted by molar-refractivity contribution is -0.121. The zero-order valence-corrected chi connectivity index (χ0v) is 19.5. The number of hydrogen-bond donors (Lipinski definition) is 3. The number of nitrogen functional groups attached to an aromatic ring is 1. The van der Waals surface area contributed by atoms with Gasteiger partial charge in [-0.15, -0.1) is 0 Å². The van der Waals surface area contributed by atoms with Crippen molar-refractivity contribution in [1.82, 2.24) is 14.9 Å². The van der Waals surface area contributed by atoms with Crippen LogP contribution >= 0.6 is 11.6 Å². The smallest absolute Gasteiger partial charge is 0.294 e. The Labute approximate surface area is 202 Å². The third kappa shape index (κ3) is 4.71. The number of hydrogen-bond acceptors (Lipinski definition) is 7. The maximum Gasteiger partial charge on any atom is 0.294 e. The van der Waals surface area contributed by atoms with E-state index in [4.69, 9.17) is 21.8 Å². The number of carbonyl (C=O) groups is 2. The molecule has 3 aromatic heterocycles. The van der Waals surface area contributed by atoms with E-state index in [1.807, 2.05) is 0 Å². The molecule has 0 radical (unpaired) electrons. The molecule has 10 heteroatoms. The van der Waals surface area contributed by atoms with Crippen molar-refractivity contribution in [3.05, 3.63) is 41.2 Å². The van der Waals surface area contributed by atoms with Gasteiger partial charge in [-0.3, -0.25) is 9.59 Å². The first-order chi connectivity index (χ1) is 16.5. The van der Waals surface area contributed by atoms with Crippen LogP contribution in [0.2, 0.25) is 5.02 Å². The lowest BCUT2D eigenvalue weighted by Crippen LogP contribution is -2.38. The molecule has 0 bridgehead atoms. The average Bonchev–Trinajstić information content (AvgIpc) is 3.49. The number of carbonyl (C=O) groups excluding carboxylic acids is 2. The molecule has 1 saturated carbocycles. The maximum absolute atomic E-state index is 13.2. The van der Waals surface area contributed by atoms with E-state index in [0.29, 0.717) is 28.0 Å². The van der Waals surface area contributed by atoms with E-state index in [0.717, 1.165) is 38.8 Å². The van der Waals surface area contributed by atoms with Crippen LogP contribution in [-0.4, -0.2) is 45.8 Å². The van der Waals surface area contributed by atoms with Gasteiger partial charge in [-0.2, -0.15) is 0 Å². The molecule has 0 aromatic carbocycles. The van der Waals surface area contributed by atoms with Gasteiger partial charge >= 0.3 is 0 Å². The molecule has 1 aliphatic heterocycles. The minimum atomic E-state index is -0.556. The molecular formula is C24H27ClN6O3. The van der Waals surface area contributed by atoms with E-state index in [9.17, 15) is 9.59 Å². The fourth-order valence-corrected chi connectivity index (χ4v) is 5.04. The third-order valence-corrected chi connectivity index (χ3v) is 6.93. The summed E-state index contributed by atoms with van der Waals surface area (Å²) >= 11 is 5.87. The summed E-state index contributed by atoms with van der Waals surface area (Å²) in [7, 11) is 0. The van der Waals surface area contributed by atoms with Gasteiger partial charge in [0.15, 0.2) is 5.58 Å². The number of pyridine rings is 2. The SMILES string of the molecule is Nc1ccc2oc(C(=O)Nc3ccc(Cl)cn3)c(NC(=O)[C@H]3CC[C@H](N4CCCC4)CC3)c2n1. The highest BCUT2D eigenvalue weighted by atomic mass is 35.5. The molecule has 0 spiro atoms. The van der Waals surface area contributed by atoms with E-state index in [1.54, 1.807) is 24.3 Å². The molecule has 1 aliphatic carbocycles. The number of furan rings is 1. The Kier molecular flexibility index (Phi) is 6.38. The Morgan fingerprint density at radius 2 is 1.82 bits per heavy atom. The Balaban J connectivity index is 1.35. The first-order valence-corrected chi connectivity index (χ1v) is 12.0. The Morgan fingerprint density at radius 3 is 2.53 bits per heavy atom. The zero-order valence-electron chi connectivity index (χ0n) is 18.7. The van der Waals surface area contributed by atoms with Crippen molar-refractivity contribution in [2.75, 3.05) is 29.5 Å². The summed E-state index contributed by atoms with van der Waals surface area (Å²) in [5, 5.41) is 6.05. The Morgan fingerprint density at radius 1 is 1.06 bits per heavy atom. The number of rotatable bonds is 5. The fourth-order valence-electron chi connectivity index (χ4n) is 4.93. The largest absolute Gasteiger partial charge is 0.447 e. The Hall–Kier alpha value is -3.17. The van der Waals surface area contributed by atoms with Crippen molar-refractivity contribution in [2.45, 2.75) is 44.6 Å². The molecule has 34 heavy (non-hydrogen) atoms. The normalized spacial score (nSPS) is 21.0. The first-order valence-electron chi connectivity index (χ1n) is 11.6. The van der Waals surface area contributed by atoms with E-state index in [-0.39, 0.29) is 29.1 Å². The quantitative estimate of drug-likeness (QED) is 0.494. The average molecular weight is 483 g/mol. The molecule has 2 aliphatic rings. The van der Waals surface area contributed by atoms with Gasteiger partial charge in [0.25, 0.3) is 5.91 Å². The van der Waals surface area contributed by atoms with Gasteiger partial charge in [-0.1, -0.05) is 11.6 Å². The summed E-state index contributed by atoms with van der Waals surface area (Å²) in [6, 6.07) is 6.98. The number of nitrogens with two attached hydrogens (primary N) is 1. The molecule has 4 N–H and O–H groups in total. The minimum Gasteiger partial charge on any atom is -0.447 e. The molecule has 2 fully saturated rings. The predicted molar refractivity (Wildman–Crippen MR) is 131 cm³/mol. The highest BCUT2D eigenvalue weighted by molar-refractivity contribution is 6.30. The molecular weight excluding hydrogens is 456 g/mol. The molecule has 3 aromatic rings. The van der Waals surface area contributed by atoms with Crippen molar-refractivity contribution < 1.29 is 14.0 Å². The molecule has 178 valence electrons. The van der Waals surface area contributed by atoms with Crippen LogP contribution in [0.25, 0.3) is 11.1 Å². The summed E-state index contributed by atoms with van der Waals surface area (Å²) in [4.78, 5) is 37.2. The summed E-state index contributed by atoms with van der Waals surface area (Å²) < 4.78 is 5.78. The van der Waals surface area contributed by atoms with Gasteiger partial charge in [-0.05, 0) is 75.9 Å². The molecule has 0 unspecified atom stereocenters.